The van der Waals surface area contributed by atoms with E-state index in [0.29, 0.717) is 28.0 Å². The lowest BCUT2D eigenvalue weighted by atomic mass is 10.1. The summed E-state index contributed by atoms with van der Waals surface area (Å²) in [6, 6.07) is 14.6. The number of hydrogen-bond donors (Lipinski definition) is 0. The molecule has 0 bridgehead atoms. The summed E-state index contributed by atoms with van der Waals surface area (Å²) < 4.78 is 7.33. The Labute approximate surface area is 185 Å². The Balaban J connectivity index is 1.81. The molecule has 0 aliphatic carbocycles. The van der Waals surface area contributed by atoms with Gasteiger partial charge in [-0.1, -0.05) is 44.9 Å². The number of ether oxygens (including phenoxy) is 1. The second-order valence-electron chi connectivity index (χ2n) is 6.21. The van der Waals surface area contributed by atoms with E-state index in [4.69, 9.17) is 16.3 Å². The van der Waals surface area contributed by atoms with E-state index in [9.17, 15) is 4.79 Å². The van der Waals surface area contributed by atoms with Crippen molar-refractivity contribution in [3.05, 3.63) is 81.5 Å². The van der Waals surface area contributed by atoms with Gasteiger partial charge in [-0.25, -0.2) is 4.98 Å². The van der Waals surface area contributed by atoms with Gasteiger partial charge in [-0.2, -0.15) is 0 Å². The molecule has 2 aromatic heterocycles. The fraction of sp³-hybridized carbons (Fsp3) is 0.0952. The van der Waals surface area contributed by atoms with E-state index in [1.54, 1.807) is 35.5 Å². The van der Waals surface area contributed by atoms with Crippen molar-refractivity contribution >= 4 is 60.1 Å². The van der Waals surface area contributed by atoms with Gasteiger partial charge in [0.05, 0.1) is 29.4 Å². The summed E-state index contributed by atoms with van der Waals surface area (Å²) in [6.07, 6.45) is 3.43. The number of carbonyl (C=O) groups is 1. The lowest BCUT2D eigenvalue weighted by Crippen LogP contribution is -2.30. The molecule has 0 aliphatic rings. The molecular formula is C21H15BrClN3O2S. The molecule has 0 saturated carbocycles. The zero-order valence-corrected chi connectivity index (χ0v) is 18.5. The summed E-state index contributed by atoms with van der Waals surface area (Å²) in [7, 11) is 1.53. The number of aromatic nitrogens is 2. The molecule has 1 amide bonds. The molecule has 0 N–H and O–H groups in total. The number of carbonyl (C=O) groups excluding carboxylic acids is 1. The first-order valence-electron chi connectivity index (χ1n) is 8.65. The molecule has 0 saturated heterocycles. The molecule has 29 heavy (non-hydrogen) atoms. The average molecular weight is 489 g/mol. The Bertz CT molecular complexity index is 1180. The van der Waals surface area contributed by atoms with Crippen molar-refractivity contribution in [2.24, 2.45) is 0 Å². The topological polar surface area (TPSA) is 55.3 Å². The van der Waals surface area contributed by atoms with E-state index in [0.717, 1.165) is 20.3 Å². The highest BCUT2D eigenvalue weighted by Crippen LogP contribution is 2.34. The summed E-state index contributed by atoms with van der Waals surface area (Å²) in [5, 5.41) is 1.05. The monoisotopic (exact) mass is 487 g/mol. The third kappa shape index (κ3) is 4.27. The zero-order chi connectivity index (χ0) is 20.4. The quantitative estimate of drug-likeness (QED) is 0.348. The lowest BCUT2D eigenvalue weighted by molar-refractivity contribution is 0.0982. The van der Waals surface area contributed by atoms with Gasteiger partial charge >= 0.3 is 0 Å². The lowest BCUT2D eigenvalue weighted by Gasteiger charge is -2.21. The highest BCUT2D eigenvalue weighted by molar-refractivity contribution is 9.10. The third-order valence-electron chi connectivity index (χ3n) is 4.27. The molecule has 0 atom stereocenters. The maximum Gasteiger partial charge on any atom is 0.264 e. The van der Waals surface area contributed by atoms with Crippen molar-refractivity contribution in [1.82, 2.24) is 9.97 Å². The fourth-order valence-corrected chi connectivity index (χ4v) is 4.58. The molecule has 4 aromatic rings. The third-order valence-corrected chi connectivity index (χ3v) is 6.04. The first-order valence-corrected chi connectivity index (χ1v) is 10.6. The largest absolute Gasteiger partial charge is 0.496 e. The zero-order valence-electron chi connectivity index (χ0n) is 15.3. The Hall–Kier alpha value is -2.48. The van der Waals surface area contributed by atoms with Crippen LogP contribution in [0.3, 0.4) is 0 Å². The normalized spacial score (nSPS) is 10.9. The van der Waals surface area contributed by atoms with Crippen molar-refractivity contribution in [3.63, 3.8) is 0 Å². The van der Waals surface area contributed by atoms with Gasteiger partial charge in [0, 0.05) is 21.9 Å². The van der Waals surface area contributed by atoms with Crippen LogP contribution in [0.4, 0.5) is 5.13 Å². The predicted octanol–water partition coefficient (Wildman–Crippen LogP) is 5.96. The molecule has 2 heterocycles. The number of fused-ring (bicyclic) bond motifs is 1. The molecule has 0 spiro atoms. The molecule has 4 rings (SSSR count). The second kappa shape index (κ2) is 8.49. The van der Waals surface area contributed by atoms with E-state index in [-0.39, 0.29) is 5.91 Å². The summed E-state index contributed by atoms with van der Waals surface area (Å²) in [5.41, 5.74) is 2.10. The smallest absolute Gasteiger partial charge is 0.264 e. The molecule has 8 heteroatoms. The number of nitrogens with zero attached hydrogens (tertiary/aromatic N) is 3. The number of anilines is 1. The molecular weight excluding hydrogens is 474 g/mol. The van der Waals surface area contributed by atoms with Crippen LogP contribution in [-0.2, 0) is 6.54 Å². The Kier molecular flexibility index (Phi) is 5.80. The number of amides is 1. The Morgan fingerprint density at radius 2 is 2.10 bits per heavy atom. The van der Waals surface area contributed by atoms with Crippen LogP contribution in [0.2, 0.25) is 5.02 Å². The molecule has 0 fully saturated rings. The van der Waals surface area contributed by atoms with Crippen LogP contribution >= 0.6 is 38.9 Å². The van der Waals surface area contributed by atoms with Crippen molar-refractivity contribution < 1.29 is 9.53 Å². The van der Waals surface area contributed by atoms with Crippen LogP contribution in [0, 0.1) is 0 Å². The summed E-state index contributed by atoms with van der Waals surface area (Å²) in [4.78, 5) is 24.0. The molecule has 5 nitrogen and oxygen atoms in total. The van der Waals surface area contributed by atoms with Crippen molar-refractivity contribution in [2.75, 3.05) is 12.0 Å². The second-order valence-corrected chi connectivity index (χ2v) is 8.57. The number of benzene rings is 2. The molecule has 146 valence electrons. The molecule has 0 radical (unpaired) electrons. The Morgan fingerprint density at radius 3 is 2.86 bits per heavy atom. The van der Waals surface area contributed by atoms with Gasteiger partial charge in [-0.3, -0.25) is 14.7 Å². The van der Waals surface area contributed by atoms with Gasteiger partial charge in [-0.15, -0.1) is 0 Å². The number of pyridine rings is 1. The van der Waals surface area contributed by atoms with E-state index >= 15 is 0 Å². The predicted molar refractivity (Wildman–Crippen MR) is 120 cm³/mol. The number of methoxy groups -OCH3 is 1. The molecule has 0 aliphatic heterocycles. The van der Waals surface area contributed by atoms with Gasteiger partial charge in [-0.05, 0) is 48.0 Å². The van der Waals surface area contributed by atoms with E-state index in [2.05, 4.69) is 25.9 Å². The summed E-state index contributed by atoms with van der Waals surface area (Å²) in [5.74, 6) is 0.214. The van der Waals surface area contributed by atoms with Crippen molar-refractivity contribution in [2.45, 2.75) is 6.54 Å². The van der Waals surface area contributed by atoms with Crippen LogP contribution in [0.15, 0.2) is 65.4 Å². The SMILES string of the molecule is COc1ccc(Cl)cc1C(=O)N(Cc1cccnc1)c1nc2ccc(Br)cc2s1. The van der Waals surface area contributed by atoms with E-state index < -0.39 is 0 Å². The van der Waals surface area contributed by atoms with Gasteiger partial charge in [0.15, 0.2) is 5.13 Å². The maximum absolute atomic E-state index is 13.5. The van der Waals surface area contributed by atoms with Gasteiger partial charge in [0.2, 0.25) is 0 Å². The van der Waals surface area contributed by atoms with Gasteiger partial charge in [0.1, 0.15) is 5.75 Å². The first-order chi connectivity index (χ1) is 14.0. The minimum Gasteiger partial charge on any atom is -0.496 e. The van der Waals surface area contributed by atoms with Crippen molar-refractivity contribution in [1.29, 1.82) is 0 Å². The number of hydrogen-bond acceptors (Lipinski definition) is 5. The molecule has 0 unspecified atom stereocenters. The van der Waals surface area contributed by atoms with Crippen molar-refractivity contribution in [3.8, 4) is 5.75 Å². The molecule has 2 aromatic carbocycles. The number of thiazole rings is 1. The minimum absolute atomic E-state index is 0.244. The van der Waals surface area contributed by atoms with Crippen LogP contribution < -0.4 is 9.64 Å². The number of rotatable bonds is 5. The Morgan fingerprint density at radius 1 is 1.24 bits per heavy atom. The maximum atomic E-state index is 13.5. The van der Waals surface area contributed by atoms with Gasteiger partial charge < -0.3 is 4.74 Å². The summed E-state index contributed by atoms with van der Waals surface area (Å²) in [6.45, 7) is 0.323. The van der Waals surface area contributed by atoms with Crippen LogP contribution in [-0.4, -0.2) is 23.0 Å². The minimum atomic E-state index is -0.244. The first kappa shape index (κ1) is 19.8. The van der Waals surface area contributed by atoms with Crippen LogP contribution in [0.25, 0.3) is 10.2 Å². The average Bonchev–Trinajstić information content (AvgIpc) is 3.15. The van der Waals surface area contributed by atoms with Gasteiger partial charge in [0.25, 0.3) is 5.91 Å². The summed E-state index contributed by atoms with van der Waals surface area (Å²) >= 11 is 11.1. The highest BCUT2D eigenvalue weighted by Gasteiger charge is 2.25. The standard InChI is InChI=1S/C21H15BrClN3O2S/c1-28-18-7-5-15(23)10-16(18)20(27)26(12-13-3-2-8-24-11-13)21-25-17-6-4-14(22)9-19(17)29-21/h2-11H,12H2,1H3. The van der Waals surface area contributed by atoms with E-state index in [1.807, 2.05) is 30.3 Å². The van der Waals surface area contributed by atoms with E-state index in [1.165, 1.54) is 18.4 Å². The van der Waals surface area contributed by atoms with Crippen LogP contribution in [0.1, 0.15) is 15.9 Å². The van der Waals surface area contributed by atoms with Crippen LogP contribution in [0.5, 0.6) is 5.75 Å². The highest BCUT2D eigenvalue weighted by atomic mass is 79.9. The fourth-order valence-electron chi connectivity index (χ4n) is 2.90. The number of halogens is 2.